The van der Waals surface area contributed by atoms with Crippen molar-refractivity contribution in [3.63, 3.8) is 0 Å². The highest BCUT2D eigenvalue weighted by Gasteiger charge is 2.28. The van der Waals surface area contributed by atoms with Gasteiger partial charge in [0.05, 0.1) is 0 Å². The van der Waals surface area contributed by atoms with Crippen LogP contribution >= 0.6 is 11.5 Å². The molecule has 0 N–H and O–H groups in total. The fourth-order valence-electron chi connectivity index (χ4n) is 3.04. The summed E-state index contributed by atoms with van der Waals surface area (Å²) >= 11 is 1.46. The van der Waals surface area contributed by atoms with E-state index in [2.05, 4.69) is 47.4 Å². The van der Waals surface area contributed by atoms with Gasteiger partial charge in [-0.25, -0.2) is 4.98 Å². The first-order chi connectivity index (χ1) is 11.6. The number of hydrogen-bond acceptors (Lipinski definition) is 5. The molecule has 128 valence electrons. The van der Waals surface area contributed by atoms with Crippen molar-refractivity contribution >= 4 is 22.6 Å². The monoisotopic (exact) mass is 344 g/mol. The Balaban J connectivity index is 1.63. The highest BCUT2D eigenvalue weighted by molar-refractivity contribution is 7.09. The number of benzene rings is 1. The molecule has 1 atom stereocenters. The summed E-state index contributed by atoms with van der Waals surface area (Å²) in [6.45, 7) is 8.53. The second-order valence-corrected chi connectivity index (χ2v) is 7.12. The van der Waals surface area contributed by atoms with Crippen molar-refractivity contribution in [3.05, 3.63) is 41.2 Å². The van der Waals surface area contributed by atoms with Gasteiger partial charge in [0.1, 0.15) is 5.82 Å². The molecule has 1 aliphatic heterocycles. The molecule has 2 heterocycles. The second kappa shape index (κ2) is 7.30. The van der Waals surface area contributed by atoms with Gasteiger partial charge in [-0.2, -0.15) is 4.37 Å². The van der Waals surface area contributed by atoms with Crippen LogP contribution in [0.1, 0.15) is 37.2 Å². The minimum absolute atomic E-state index is 0.218. The van der Waals surface area contributed by atoms with Crippen LogP contribution in [0, 0.1) is 6.92 Å². The molecule has 0 aliphatic carbocycles. The van der Waals surface area contributed by atoms with E-state index in [4.69, 9.17) is 4.98 Å². The van der Waals surface area contributed by atoms with E-state index in [9.17, 15) is 4.79 Å². The van der Waals surface area contributed by atoms with Crippen LogP contribution in [-0.2, 0) is 11.2 Å². The summed E-state index contributed by atoms with van der Waals surface area (Å²) in [7, 11) is 0. The fraction of sp³-hybridized carbons (Fsp3) is 0.500. The first-order valence-electron chi connectivity index (χ1n) is 8.49. The summed E-state index contributed by atoms with van der Waals surface area (Å²) in [5, 5.41) is 0.965. The van der Waals surface area contributed by atoms with Crippen LogP contribution in [0.25, 0.3) is 0 Å². The summed E-state index contributed by atoms with van der Waals surface area (Å²) < 4.78 is 4.51. The van der Waals surface area contributed by atoms with E-state index < -0.39 is 0 Å². The van der Waals surface area contributed by atoms with Crippen LogP contribution in [0.15, 0.2) is 24.3 Å². The van der Waals surface area contributed by atoms with E-state index in [1.807, 2.05) is 11.8 Å². The van der Waals surface area contributed by atoms with Gasteiger partial charge in [0.25, 0.3) is 0 Å². The van der Waals surface area contributed by atoms with Gasteiger partial charge in [0, 0.05) is 50.1 Å². The second-order valence-electron chi connectivity index (χ2n) is 6.39. The number of rotatable bonds is 4. The molecular weight excluding hydrogens is 320 g/mol. The van der Waals surface area contributed by atoms with Crippen molar-refractivity contribution < 1.29 is 4.79 Å². The first-order valence-corrected chi connectivity index (χ1v) is 9.26. The summed E-state index contributed by atoms with van der Waals surface area (Å²) in [4.78, 5) is 20.9. The molecule has 1 unspecified atom stereocenters. The Morgan fingerprint density at radius 1 is 1.29 bits per heavy atom. The van der Waals surface area contributed by atoms with Gasteiger partial charge in [-0.3, -0.25) is 4.79 Å². The molecule has 0 bridgehead atoms. The van der Waals surface area contributed by atoms with Crippen LogP contribution in [0.4, 0.5) is 5.13 Å². The maximum absolute atomic E-state index is 11.9. The molecule has 1 aromatic carbocycles. The molecule has 5 nitrogen and oxygen atoms in total. The van der Waals surface area contributed by atoms with E-state index in [0.29, 0.717) is 6.42 Å². The third-order valence-corrected chi connectivity index (χ3v) is 5.28. The van der Waals surface area contributed by atoms with Crippen molar-refractivity contribution in [2.45, 2.75) is 39.7 Å². The summed E-state index contributed by atoms with van der Waals surface area (Å²) in [6, 6.07) is 8.72. The van der Waals surface area contributed by atoms with Gasteiger partial charge in [-0.15, -0.1) is 0 Å². The topological polar surface area (TPSA) is 49.3 Å². The maximum Gasteiger partial charge on any atom is 0.222 e. The third-order valence-electron chi connectivity index (χ3n) is 4.46. The molecule has 1 amide bonds. The quantitative estimate of drug-likeness (QED) is 0.856. The minimum atomic E-state index is 0.218. The SMILES string of the molecule is CCC(=O)N1CCN(c2nc(Cc3ccc(C)cc3)ns2)CC1C. The predicted octanol–water partition coefficient (Wildman–Crippen LogP) is 2.88. The van der Waals surface area contributed by atoms with Gasteiger partial charge in [-0.05, 0) is 19.4 Å². The molecule has 0 radical (unpaired) electrons. The van der Waals surface area contributed by atoms with Crippen molar-refractivity contribution in [3.8, 4) is 0 Å². The Morgan fingerprint density at radius 3 is 2.71 bits per heavy atom. The molecule has 3 rings (SSSR count). The molecule has 1 saturated heterocycles. The zero-order valence-electron chi connectivity index (χ0n) is 14.5. The first kappa shape index (κ1) is 16.9. The van der Waals surface area contributed by atoms with E-state index in [1.54, 1.807) is 0 Å². The molecule has 24 heavy (non-hydrogen) atoms. The lowest BCUT2D eigenvalue weighted by atomic mass is 10.1. The lowest BCUT2D eigenvalue weighted by Crippen LogP contribution is -2.54. The number of aryl methyl sites for hydroxylation is 1. The Morgan fingerprint density at radius 2 is 2.04 bits per heavy atom. The van der Waals surface area contributed by atoms with Crippen molar-refractivity contribution in [1.82, 2.24) is 14.3 Å². The number of piperazine rings is 1. The van der Waals surface area contributed by atoms with Gasteiger partial charge in [0.2, 0.25) is 11.0 Å². The average Bonchev–Trinajstić information content (AvgIpc) is 3.05. The molecule has 6 heteroatoms. The number of aromatic nitrogens is 2. The lowest BCUT2D eigenvalue weighted by Gasteiger charge is -2.39. The van der Waals surface area contributed by atoms with Crippen LogP contribution < -0.4 is 4.90 Å². The fourth-order valence-corrected chi connectivity index (χ4v) is 3.76. The van der Waals surface area contributed by atoms with E-state index in [-0.39, 0.29) is 11.9 Å². The van der Waals surface area contributed by atoms with Crippen molar-refractivity contribution in [1.29, 1.82) is 0 Å². The maximum atomic E-state index is 11.9. The Hall–Kier alpha value is -1.95. The smallest absolute Gasteiger partial charge is 0.222 e. The molecule has 1 aromatic heterocycles. The Bertz CT molecular complexity index is 697. The minimum Gasteiger partial charge on any atom is -0.343 e. The van der Waals surface area contributed by atoms with Crippen LogP contribution in [-0.4, -0.2) is 45.8 Å². The predicted molar refractivity (Wildman–Crippen MR) is 97.6 cm³/mol. The number of carbonyl (C=O) groups is 1. The lowest BCUT2D eigenvalue weighted by molar-refractivity contribution is -0.133. The van der Waals surface area contributed by atoms with Gasteiger partial charge >= 0.3 is 0 Å². The van der Waals surface area contributed by atoms with E-state index in [0.717, 1.165) is 37.0 Å². The number of carbonyl (C=O) groups excluding carboxylic acids is 1. The average molecular weight is 344 g/mol. The summed E-state index contributed by atoms with van der Waals surface area (Å²) in [5.74, 6) is 1.11. The molecule has 0 spiro atoms. The molecule has 2 aromatic rings. The van der Waals surface area contributed by atoms with E-state index >= 15 is 0 Å². The van der Waals surface area contributed by atoms with E-state index in [1.165, 1.54) is 22.7 Å². The van der Waals surface area contributed by atoms with Crippen LogP contribution in [0.5, 0.6) is 0 Å². The summed E-state index contributed by atoms with van der Waals surface area (Å²) in [5.41, 5.74) is 2.50. The van der Waals surface area contributed by atoms with Gasteiger partial charge < -0.3 is 9.80 Å². The normalized spacial score (nSPS) is 18.0. The molecule has 1 fully saturated rings. The number of hydrogen-bond donors (Lipinski definition) is 0. The highest BCUT2D eigenvalue weighted by atomic mass is 32.1. The van der Waals surface area contributed by atoms with Crippen molar-refractivity contribution in [2.75, 3.05) is 24.5 Å². The van der Waals surface area contributed by atoms with Crippen LogP contribution in [0.3, 0.4) is 0 Å². The highest BCUT2D eigenvalue weighted by Crippen LogP contribution is 2.22. The zero-order chi connectivity index (χ0) is 17.1. The standard InChI is InChI=1S/C18H24N4OS/c1-4-17(23)22-10-9-21(12-14(22)3)18-19-16(20-24-18)11-15-7-5-13(2)6-8-15/h5-8,14H,4,9-12H2,1-3H3. The zero-order valence-corrected chi connectivity index (χ0v) is 15.3. The molecule has 0 saturated carbocycles. The Labute approximate surface area is 147 Å². The van der Waals surface area contributed by atoms with Crippen molar-refractivity contribution in [2.24, 2.45) is 0 Å². The number of nitrogens with zero attached hydrogens (tertiary/aromatic N) is 4. The number of amides is 1. The van der Waals surface area contributed by atoms with Gasteiger partial charge in [0.15, 0.2) is 0 Å². The summed E-state index contributed by atoms with van der Waals surface area (Å²) in [6.07, 6.45) is 1.34. The van der Waals surface area contributed by atoms with Crippen LogP contribution in [0.2, 0.25) is 0 Å². The Kier molecular flexibility index (Phi) is 5.14. The third kappa shape index (κ3) is 3.75. The number of anilines is 1. The molecule has 1 aliphatic rings. The largest absolute Gasteiger partial charge is 0.343 e. The molecular formula is C18H24N4OS. The van der Waals surface area contributed by atoms with Gasteiger partial charge in [-0.1, -0.05) is 36.8 Å².